The Balaban J connectivity index is 2.73. The smallest absolute Gasteiger partial charge is 0.0897 e. The lowest BCUT2D eigenvalue weighted by Crippen LogP contribution is -2.28. The van der Waals surface area contributed by atoms with Gasteiger partial charge in [-0.05, 0) is 19.8 Å². The lowest BCUT2D eigenvalue weighted by Gasteiger charge is -2.28. The van der Waals surface area contributed by atoms with Gasteiger partial charge in [-0.15, -0.1) is 34.5 Å². The molecule has 1 heterocycles. The van der Waals surface area contributed by atoms with Crippen LogP contribution in [0.25, 0.3) is 0 Å². The number of hydrogen-bond donors (Lipinski definition) is 0. The summed E-state index contributed by atoms with van der Waals surface area (Å²) in [6.45, 7) is 4.19. The Labute approximate surface area is 106 Å². The van der Waals surface area contributed by atoms with E-state index in [4.69, 9.17) is 23.2 Å². The Hall–Kier alpha value is 0.210. The molecular weight excluding hydrogens is 249 g/mol. The minimum absolute atomic E-state index is 0.0262. The van der Waals surface area contributed by atoms with Crippen molar-refractivity contribution in [3.05, 3.63) is 16.1 Å². The lowest BCUT2D eigenvalue weighted by molar-refractivity contribution is 0.338. The van der Waals surface area contributed by atoms with Crippen molar-refractivity contribution in [1.82, 2.24) is 4.98 Å². The van der Waals surface area contributed by atoms with E-state index in [1.165, 1.54) is 0 Å². The summed E-state index contributed by atoms with van der Waals surface area (Å²) in [6, 6.07) is 0. The molecule has 0 aliphatic rings. The fourth-order valence-electron chi connectivity index (χ4n) is 1.76. The highest BCUT2D eigenvalue weighted by atomic mass is 35.5. The number of rotatable bonds is 6. The molecule has 4 heteroatoms. The fourth-order valence-corrected chi connectivity index (χ4v) is 3.11. The molecule has 1 nitrogen and oxygen atoms in total. The van der Waals surface area contributed by atoms with Crippen LogP contribution in [0, 0.1) is 12.3 Å². The van der Waals surface area contributed by atoms with Crippen molar-refractivity contribution in [1.29, 1.82) is 0 Å². The zero-order chi connectivity index (χ0) is 11.3. The largest absolute Gasteiger partial charge is 0.247 e. The summed E-state index contributed by atoms with van der Waals surface area (Å²) >= 11 is 13.8. The van der Waals surface area contributed by atoms with Crippen LogP contribution in [0.3, 0.4) is 0 Å². The maximum atomic E-state index is 6.05. The van der Waals surface area contributed by atoms with Crippen LogP contribution in [-0.4, -0.2) is 16.7 Å². The molecule has 0 spiro atoms. The van der Waals surface area contributed by atoms with E-state index >= 15 is 0 Å². The van der Waals surface area contributed by atoms with Crippen LogP contribution >= 0.6 is 34.5 Å². The van der Waals surface area contributed by atoms with Crippen molar-refractivity contribution >= 4 is 34.5 Å². The minimum Gasteiger partial charge on any atom is -0.247 e. The molecule has 1 aromatic rings. The predicted octanol–water partition coefficient (Wildman–Crippen LogP) is 4.26. The van der Waals surface area contributed by atoms with Crippen molar-refractivity contribution < 1.29 is 0 Å². The highest BCUT2D eigenvalue weighted by molar-refractivity contribution is 7.09. The highest BCUT2D eigenvalue weighted by Gasteiger charge is 2.28. The van der Waals surface area contributed by atoms with E-state index in [9.17, 15) is 0 Å². The molecule has 0 fully saturated rings. The van der Waals surface area contributed by atoms with Crippen molar-refractivity contribution in [3.63, 3.8) is 0 Å². The number of halogens is 2. The lowest BCUT2D eigenvalue weighted by atomic mass is 9.83. The molecule has 86 valence electrons. The van der Waals surface area contributed by atoms with E-state index in [-0.39, 0.29) is 5.41 Å². The standard InChI is InChI=1S/C11H17Cl2NS/c1-3-4-11(7-12,8-13)5-10-6-15-9(2)14-10/h6H,3-5,7-8H2,1-2H3. The van der Waals surface area contributed by atoms with Crippen molar-refractivity contribution in [2.75, 3.05) is 11.8 Å². The Kier molecular flexibility index (Phi) is 5.37. The SMILES string of the molecule is CCCC(CCl)(CCl)Cc1csc(C)n1. The number of nitrogens with zero attached hydrogens (tertiary/aromatic N) is 1. The molecule has 0 amide bonds. The van der Waals surface area contributed by atoms with Crippen LogP contribution in [0.15, 0.2) is 5.38 Å². The van der Waals surface area contributed by atoms with E-state index in [2.05, 4.69) is 17.3 Å². The van der Waals surface area contributed by atoms with Crippen molar-refractivity contribution in [3.8, 4) is 0 Å². The first-order valence-electron chi connectivity index (χ1n) is 5.19. The van der Waals surface area contributed by atoms with Gasteiger partial charge in [0.15, 0.2) is 0 Å². The van der Waals surface area contributed by atoms with E-state index < -0.39 is 0 Å². The molecule has 1 aromatic heterocycles. The summed E-state index contributed by atoms with van der Waals surface area (Å²) in [6.07, 6.45) is 3.08. The van der Waals surface area contributed by atoms with Gasteiger partial charge >= 0.3 is 0 Å². The number of thiazole rings is 1. The summed E-state index contributed by atoms with van der Waals surface area (Å²) in [7, 11) is 0. The molecular formula is C11H17Cl2NS. The molecule has 0 aromatic carbocycles. The maximum absolute atomic E-state index is 6.05. The fraction of sp³-hybridized carbons (Fsp3) is 0.727. The molecule has 0 aliphatic carbocycles. The van der Waals surface area contributed by atoms with Gasteiger partial charge < -0.3 is 0 Å². The van der Waals surface area contributed by atoms with Crippen LogP contribution in [0.1, 0.15) is 30.5 Å². The normalized spacial score (nSPS) is 12.0. The van der Waals surface area contributed by atoms with Gasteiger partial charge in [0, 0.05) is 22.6 Å². The number of aromatic nitrogens is 1. The van der Waals surface area contributed by atoms with Gasteiger partial charge in [-0.1, -0.05) is 13.3 Å². The van der Waals surface area contributed by atoms with Gasteiger partial charge in [0.1, 0.15) is 0 Å². The molecule has 0 saturated heterocycles. The zero-order valence-electron chi connectivity index (χ0n) is 9.22. The summed E-state index contributed by atoms with van der Waals surface area (Å²) in [4.78, 5) is 4.47. The van der Waals surface area contributed by atoms with Crippen LogP contribution in [0.5, 0.6) is 0 Å². The molecule has 1 rings (SSSR count). The second-order valence-electron chi connectivity index (χ2n) is 4.05. The van der Waals surface area contributed by atoms with Gasteiger partial charge in [-0.3, -0.25) is 0 Å². The average Bonchev–Trinajstić information content (AvgIpc) is 2.63. The average molecular weight is 266 g/mol. The Morgan fingerprint density at radius 3 is 2.47 bits per heavy atom. The second-order valence-corrected chi connectivity index (χ2v) is 5.65. The monoisotopic (exact) mass is 265 g/mol. The van der Waals surface area contributed by atoms with Gasteiger partial charge in [-0.25, -0.2) is 4.98 Å². The molecule has 0 atom stereocenters. The topological polar surface area (TPSA) is 12.9 Å². The van der Waals surface area contributed by atoms with E-state index in [1.807, 2.05) is 6.92 Å². The number of aryl methyl sites for hydroxylation is 1. The third-order valence-corrected chi connectivity index (χ3v) is 4.53. The zero-order valence-corrected chi connectivity index (χ0v) is 11.6. The van der Waals surface area contributed by atoms with Crippen LogP contribution in [0.4, 0.5) is 0 Å². The molecule has 0 saturated carbocycles. The maximum Gasteiger partial charge on any atom is 0.0897 e. The highest BCUT2D eigenvalue weighted by Crippen LogP contribution is 2.32. The summed E-state index contributed by atoms with van der Waals surface area (Å²) in [5, 5.41) is 3.22. The predicted molar refractivity (Wildman–Crippen MR) is 69.3 cm³/mol. The van der Waals surface area contributed by atoms with Gasteiger partial charge in [0.05, 0.1) is 10.7 Å². The van der Waals surface area contributed by atoms with E-state index in [0.717, 1.165) is 30.0 Å². The van der Waals surface area contributed by atoms with Crippen LogP contribution < -0.4 is 0 Å². The van der Waals surface area contributed by atoms with Crippen molar-refractivity contribution in [2.24, 2.45) is 5.41 Å². The molecule has 0 bridgehead atoms. The first-order chi connectivity index (χ1) is 7.15. The summed E-state index contributed by atoms with van der Waals surface area (Å²) in [5.41, 5.74) is 1.16. The third kappa shape index (κ3) is 3.61. The van der Waals surface area contributed by atoms with Gasteiger partial charge in [0.2, 0.25) is 0 Å². The first-order valence-corrected chi connectivity index (χ1v) is 7.13. The molecule has 0 aliphatic heterocycles. The third-order valence-electron chi connectivity index (χ3n) is 2.57. The number of hydrogen-bond acceptors (Lipinski definition) is 2. The van der Waals surface area contributed by atoms with Gasteiger partial charge in [-0.2, -0.15) is 0 Å². The Morgan fingerprint density at radius 1 is 1.40 bits per heavy atom. The molecule has 0 radical (unpaired) electrons. The number of alkyl halides is 2. The Morgan fingerprint density at radius 2 is 2.07 bits per heavy atom. The van der Waals surface area contributed by atoms with Crippen molar-refractivity contribution in [2.45, 2.75) is 33.1 Å². The molecule has 0 unspecified atom stereocenters. The summed E-state index contributed by atoms with van der Waals surface area (Å²) < 4.78 is 0. The molecule has 0 N–H and O–H groups in total. The van der Waals surface area contributed by atoms with Crippen LogP contribution in [-0.2, 0) is 6.42 Å². The van der Waals surface area contributed by atoms with E-state index in [1.54, 1.807) is 11.3 Å². The summed E-state index contributed by atoms with van der Waals surface area (Å²) in [5.74, 6) is 1.22. The van der Waals surface area contributed by atoms with Gasteiger partial charge in [0.25, 0.3) is 0 Å². The Bertz CT molecular complexity index is 295. The first kappa shape index (κ1) is 13.3. The van der Waals surface area contributed by atoms with E-state index in [0.29, 0.717) is 11.8 Å². The van der Waals surface area contributed by atoms with Crippen LogP contribution in [0.2, 0.25) is 0 Å². The second kappa shape index (κ2) is 6.07. The molecule has 15 heavy (non-hydrogen) atoms. The minimum atomic E-state index is 0.0262. The quantitative estimate of drug-likeness (QED) is 0.701.